The zero-order valence-electron chi connectivity index (χ0n) is 8.28. The number of rotatable bonds is 3. The second-order valence-electron chi connectivity index (χ2n) is 3.33. The van der Waals surface area contributed by atoms with Crippen molar-refractivity contribution in [3.05, 3.63) is 58.0 Å². The van der Waals surface area contributed by atoms with Gasteiger partial charge in [-0.1, -0.05) is 29.3 Å². The Balaban J connectivity index is 2.37. The summed E-state index contributed by atoms with van der Waals surface area (Å²) in [5.74, 6) is 5.52. The van der Waals surface area contributed by atoms with E-state index in [1.165, 1.54) is 0 Å². The van der Waals surface area contributed by atoms with Crippen LogP contribution in [0.2, 0.25) is 10.0 Å². The molecular formula is C11H10Cl2N2O. The van der Waals surface area contributed by atoms with Crippen molar-refractivity contribution in [3.8, 4) is 0 Å². The van der Waals surface area contributed by atoms with Gasteiger partial charge >= 0.3 is 0 Å². The quantitative estimate of drug-likeness (QED) is 0.656. The van der Waals surface area contributed by atoms with E-state index in [1.807, 2.05) is 12.1 Å². The van der Waals surface area contributed by atoms with Gasteiger partial charge in [0, 0.05) is 5.56 Å². The Kier molecular flexibility index (Phi) is 3.51. The van der Waals surface area contributed by atoms with Crippen LogP contribution in [0, 0.1) is 0 Å². The second kappa shape index (κ2) is 4.89. The average Bonchev–Trinajstić information content (AvgIpc) is 2.78. The molecule has 0 amide bonds. The molecule has 0 aliphatic heterocycles. The van der Waals surface area contributed by atoms with Crippen LogP contribution in [0.5, 0.6) is 0 Å². The van der Waals surface area contributed by atoms with Crippen LogP contribution in [0.4, 0.5) is 0 Å². The molecule has 0 fully saturated rings. The maximum absolute atomic E-state index is 5.95. The van der Waals surface area contributed by atoms with Crippen LogP contribution in [0.15, 0.2) is 41.2 Å². The molecule has 0 aliphatic carbocycles. The summed E-state index contributed by atoms with van der Waals surface area (Å²) < 4.78 is 5.02. The lowest BCUT2D eigenvalue weighted by Crippen LogP contribution is -2.28. The van der Waals surface area contributed by atoms with Gasteiger partial charge < -0.3 is 4.42 Å². The van der Waals surface area contributed by atoms with Crippen molar-refractivity contribution < 1.29 is 4.42 Å². The van der Waals surface area contributed by atoms with Crippen LogP contribution in [0.3, 0.4) is 0 Å². The third-order valence-corrected chi connectivity index (χ3v) is 3.06. The monoisotopic (exact) mass is 256 g/mol. The molecule has 0 bridgehead atoms. The van der Waals surface area contributed by atoms with Gasteiger partial charge in [-0.3, -0.25) is 5.84 Å². The Morgan fingerprint density at radius 2 is 1.94 bits per heavy atom. The first-order valence-electron chi connectivity index (χ1n) is 4.65. The Labute approximate surface area is 103 Å². The molecular weight excluding hydrogens is 247 g/mol. The molecule has 1 unspecified atom stereocenters. The molecule has 1 heterocycles. The number of nitrogens with two attached hydrogens (primary N) is 1. The van der Waals surface area contributed by atoms with Crippen LogP contribution >= 0.6 is 23.2 Å². The Bertz CT molecular complexity index is 471. The zero-order chi connectivity index (χ0) is 11.5. The van der Waals surface area contributed by atoms with Gasteiger partial charge in [-0.05, 0) is 23.8 Å². The molecule has 2 aromatic rings. The fourth-order valence-electron chi connectivity index (χ4n) is 1.52. The molecule has 16 heavy (non-hydrogen) atoms. The fraction of sp³-hybridized carbons (Fsp3) is 0.0909. The Morgan fingerprint density at radius 1 is 1.12 bits per heavy atom. The summed E-state index contributed by atoms with van der Waals surface area (Å²) in [5, 5.41) is 1.02. The third-order valence-electron chi connectivity index (χ3n) is 2.32. The minimum atomic E-state index is -0.159. The molecule has 2 rings (SSSR count). The Morgan fingerprint density at radius 3 is 2.50 bits per heavy atom. The van der Waals surface area contributed by atoms with Crippen molar-refractivity contribution in [2.24, 2.45) is 5.84 Å². The highest BCUT2D eigenvalue weighted by Crippen LogP contribution is 2.28. The van der Waals surface area contributed by atoms with Crippen LogP contribution in [-0.2, 0) is 0 Å². The maximum Gasteiger partial charge on any atom is 0.0954 e. The average molecular weight is 257 g/mol. The maximum atomic E-state index is 5.95. The van der Waals surface area contributed by atoms with E-state index in [0.717, 1.165) is 11.1 Å². The number of hydrazine groups is 1. The molecule has 3 N–H and O–H groups in total. The number of hydrogen-bond acceptors (Lipinski definition) is 3. The van der Waals surface area contributed by atoms with Crippen LogP contribution in [0.25, 0.3) is 0 Å². The van der Waals surface area contributed by atoms with E-state index in [9.17, 15) is 0 Å². The smallest absolute Gasteiger partial charge is 0.0954 e. The SMILES string of the molecule is NNC(c1ccoc1)c1ccc(Cl)c(Cl)c1. The summed E-state index contributed by atoms with van der Waals surface area (Å²) in [6, 6.07) is 7.07. The largest absolute Gasteiger partial charge is 0.472 e. The number of nitrogens with one attached hydrogen (secondary N) is 1. The van der Waals surface area contributed by atoms with Gasteiger partial charge in [0.2, 0.25) is 0 Å². The summed E-state index contributed by atoms with van der Waals surface area (Å²) in [5.41, 5.74) is 4.57. The highest BCUT2D eigenvalue weighted by atomic mass is 35.5. The van der Waals surface area contributed by atoms with Crippen molar-refractivity contribution in [1.82, 2.24) is 5.43 Å². The first kappa shape index (κ1) is 11.5. The molecule has 84 valence electrons. The van der Waals surface area contributed by atoms with Gasteiger partial charge in [0.1, 0.15) is 0 Å². The molecule has 1 aromatic heterocycles. The third kappa shape index (κ3) is 2.23. The summed E-state index contributed by atoms with van der Waals surface area (Å²) in [6.45, 7) is 0. The van der Waals surface area contributed by atoms with Crippen molar-refractivity contribution in [2.45, 2.75) is 6.04 Å². The first-order chi connectivity index (χ1) is 7.72. The van der Waals surface area contributed by atoms with E-state index < -0.39 is 0 Å². The summed E-state index contributed by atoms with van der Waals surface area (Å²) in [6.07, 6.45) is 3.23. The summed E-state index contributed by atoms with van der Waals surface area (Å²) in [4.78, 5) is 0. The lowest BCUT2D eigenvalue weighted by molar-refractivity contribution is 0.553. The van der Waals surface area contributed by atoms with Gasteiger partial charge in [-0.15, -0.1) is 0 Å². The summed E-state index contributed by atoms with van der Waals surface area (Å²) in [7, 11) is 0. The van der Waals surface area contributed by atoms with E-state index in [2.05, 4.69) is 5.43 Å². The molecule has 0 saturated heterocycles. The molecule has 1 atom stereocenters. The van der Waals surface area contributed by atoms with Gasteiger partial charge in [0.15, 0.2) is 0 Å². The predicted molar refractivity (Wildman–Crippen MR) is 64.3 cm³/mol. The van der Waals surface area contributed by atoms with Crippen LogP contribution < -0.4 is 11.3 Å². The lowest BCUT2D eigenvalue weighted by atomic mass is 10.0. The van der Waals surface area contributed by atoms with Gasteiger partial charge in [-0.2, -0.15) is 0 Å². The molecule has 0 saturated carbocycles. The van der Waals surface area contributed by atoms with Crippen molar-refractivity contribution in [3.63, 3.8) is 0 Å². The topological polar surface area (TPSA) is 51.2 Å². The number of hydrogen-bond donors (Lipinski definition) is 2. The lowest BCUT2D eigenvalue weighted by Gasteiger charge is -2.15. The van der Waals surface area contributed by atoms with Crippen LogP contribution in [-0.4, -0.2) is 0 Å². The van der Waals surface area contributed by atoms with Gasteiger partial charge in [0.05, 0.1) is 28.6 Å². The molecule has 3 nitrogen and oxygen atoms in total. The highest BCUT2D eigenvalue weighted by molar-refractivity contribution is 6.42. The van der Waals surface area contributed by atoms with E-state index >= 15 is 0 Å². The van der Waals surface area contributed by atoms with Crippen molar-refractivity contribution in [1.29, 1.82) is 0 Å². The number of benzene rings is 1. The molecule has 1 aromatic carbocycles. The Hall–Kier alpha value is -1.000. The molecule has 5 heteroatoms. The van der Waals surface area contributed by atoms with Crippen LogP contribution in [0.1, 0.15) is 17.2 Å². The van der Waals surface area contributed by atoms with Crippen molar-refractivity contribution in [2.75, 3.05) is 0 Å². The van der Waals surface area contributed by atoms with E-state index in [4.69, 9.17) is 33.5 Å². The van der Waals surface area contributed by atoms with E-state index in [0.29, 0.717) is 10.0 Å². The second-order valence-corrected chi connectivity index (χ2v) is 4.14. The highest BCUT2D eigenvalue weighted by Gasteiger charge is 2.14. The van der Waals surface area contributed by atoms with Gasteiger partial charge in [0.25, 0.3) is 0 Å². The molecule has 0 spiro atoms. The van der Waals surface area contributed by atoms with E-state index in [1.54, 1.807) is 24.7 Å². The van der Waals surface area contributed by atoms with Crippen molar-refractivity contribution >= 4 is 23.2 Å². The fourth-order valence-corrected chi connectivity index (χ4v) is 1.82. The minimum absolute atomic E-state index is 0.159. The normalized spacial score (nSPS) is 12.7. The first-order valence-corrected chi connectivity index (χ1v) is 5.41. The minimum Gasteiger partial charge on any atom is -0.472 e. The predicted octanol–water partition coefficient (Wildman–Crippen LogP) is 3.14. The standard InChI is InChI=1S/C11H10Cl2N2O/c12-9-2-1-7(5-10(9)13)11(15-14)8-3-4-16-6-8/h1-6,11,15H,14H2. The zero-order valence-corrected chi connectivity index (χ0v) is 9.79. The molecule has 0 aliphatic rings. The number of furan rings is 1. The molecule has 0 radical (unpaired) electrons. The number of halogens is 2. The van der Waals surface area contributed by atoms with Gasteiger partial charge in [-0.25, -0.2) is 5.43 Å². The summed E-state index contributed by atoms with van der Waals surface area (Å²) >= 11 is 11.8. The van der Waals surface area contributed by atoms with E-state index in [-0.39, 0.29) is 6.04 Å².